The summed E-state index contributed by atoms with van der Waals surface area (Å²) in [5.74, 6) is 2.06. The second-order valence-corrected chi connectivity index (χ2v) is 3.63. The van der Waals surface area contributed by atoms with E-state index in [0.29, 0.717) is 24.7 Å². The molecule has 0 fully saturated rings. The fourth-order valence-corrected chi connectivity index (χ4v) is 1.51. The standard InChI is InChI=1S/C13H15N3O2/c1-17-11-4-3-10(8-14)12(7-11)18-9-13-15-5-2-6-16-13/h2-7H,8-9,14H2,1H3. The first-order chi connectivity index (χ1) is 8.83. The van der Waals surface area contributed by atoms with Crippen LogP contribution >= 0.6 is 0 Å². The van der Waals surface area contributed by atoms with Crippen molar-refractivity contribution in [3.05, 3.63) is 48.0 Å². The van der Waals surface area contributed by atoms with Crippen molar-refractivity contribution < 1.29 is 9.47 Å². The summed E-state index contributed by atoms with van der Waals surface area (Å²) >= 11 is 0. The van der Waals surface area contributed by atoms with Gasteiger partial charge >= 0.3 is 0 Å². The second-order valence-electron chi connectivity index (χ2n) is 3.63. The minimum absolute atomic E-state index is 0.307. The van der Waals surface area contributed by atoms with E-state index in [-0.39, 0.29) is 0 Å². The molecular weight excluding hydrogens is 230 g/mol. The van der Waals surface area contributed by atoms with Crippen molar-refractivity contribution in [3.8, 4) is 11.5 Å². The second kappa shape index (κ2) is 5.97. The van der Waals surface area contributed by atoms with Crippen molar-refractivity contribution >= 4 is 0 Å². The molecule has 0 saturated carbocycles. The normalized spacial score (nSPS) is 10.1. The Morgan fingerprint density at radius 1 is 1.22 bits per heavy atom. The van der Waals surface area contributed by atoms with E-state index in [2.05, 4.69) is 9.97 Å². The van der Waals surface area contributed by atoms with Crippen LogP contribution < -0.4 is 15.2 Å². The van der Waals surface area contributed by atoms with Crippen LogP contribution in [0.4, 0.5) is 0 Å². The van der Waals surface area contributed by atoms with Crippen LogP contribution in [0, 0.1) is 0 Å². The highest BCUT2D eigenvalue weighted by Gasteiger charge is 2.05. The molecule has 0 unspecified atom stereocenters. The molecule has 1 aromatic carbocycles. The van der Waals surface area contributed by atoms with Crippen LogP contribution in [0.15, 0.2) is 36.7 Å². The van der Waals surface area contributed by atoms with Crippen molar-refractivity contribution in [2.75, 3.05) is 7.11 Å². The molecule has 1 heterocycles. The summed E-state index contributed by atoms with van der Waals surface area (Å²) in [5.41, 5.74) is 6.58. The molecule has 18 heavy (non-hydrogen) atoms. The lowest BCUT2D eigenvalue weighted by molar-refractivity contribution is 0.290. The number of nitrogens with zero attached hydrogens (tertiary/aromatic N) is 2. The SMILES string of the molecule is COc1ccc(CN)c(OCc2ncccn2)c1. The number of nitrogens with two attached hydrogens (primary N) is 1. The molecule has 5 nitrogen and oxygen atoms in total. The molecule has 0 radical (unpaired) electrons. The molecule has 0 spiro atoms. The van der Waals surface area contributed by atoms with Crippen LogP contribution in [-0.2, 0) is 13.2 Å². The minimum Gasteiger partial charge on any atom is -0.497 e. The average Bonchev–Trinajstić information content (AvgIpc) is 2.45. The van der Waals surface area contributed by atoms with E-state index in [1.807, 2.05) is 18.2 Å². The minimum atomic E-state index is 0.307. The van der Waals surface area contributed by atoms with Gasteiger partial charge in [-0.3, -0.25) is 0 Å². The summed E-state index contributed by atoms with van der Waals surface area (Å²) in [5, 5.41) is 0. The summed E-state index contributed by atoms with van der Waals surface area (Å²) in [6, 6.07) is 7.32. The number of methoxy groups -OCH3 is 1. The molecule has 0 aliphatic rings. The fraction of sp³-hybridized carbons (Fsp3) is 0.231. The predicted molar refractivity (Wildman–Crippen MR) is 67.2 cm³/mol. The number of benzene rings is 1. The summed E-state index contributed by atoms with van der Waals surface area (Å²) < 4.78 is 10.8. The summed E-state index contributed by atoms with van der Waals surface area (Å²) in [6.07, 6.45) is 3.36. The van der Waals surface area contributed by atoms with E-state index in [1.54, 1.807) is 25.6 Å². The number of rotatable bonds is 5. The van der Waals surface area contributed by atoms with Crippen molar-refractivity contribution in [1.29, 1.82) is 0 Å². The first-order valence-electron chi connectivity index (χ1n) is 5.59. The zero-order valence-corrected chi connectivity index (χ0v) is 10.2. The molecule has 5 heteroatoms. The molecule has 94 valence electrons. The van der Waals surface area contributed by atoms with Gasteiger partial charge in [-0.15, -0.1) is 0 Å². The number of aromatic nitrogens is 2. The van der Waals surface area contributed by atoms with E-state index in [0.717, 1.165) is 11.3 Å². The van der Waals surface area contributed by atoms with Crippen molar-refractivity contribution in [3.63, 3.8) is 0 Å². The Bertz CT molecular complexity index is 503. The Hall–Kier alpha value is -2.14. The molecule has 0 bridgehead atoms. The topological polar surface area (TPSA) is 70.3 Å². The van der Waals surface area contributed by atoms with Gasteiger partial charge in [0.2, 0.25) is 0 Å². The van der Waals surface area contributed by atoms with Crippen LogP contribution in [-0.4, -0.2) is 17.1 Å². The lowest BCUT2D eigenvalue weighted by Crippen LogP contribution is -2.05. The van der Waals surface area contributed by atoms with Crippen molar-refractivity contribution in [2.45, 2.75) is 13.2 Å². The Morgan fingerprint density at radius 3 is 2.67 bits per heavy atom. The van der Waals surface area contributed by atoms with Crippen LogP contribution in [0.2, 0.25) is 0 Å². The Morgan fingerprint density at radius 2 is 2.00 bits per heavy atom. The summed E-state index contributed by atoms with van der Waals surface area (Å²) in [4.78, 5) is 8.19. The smallest absolute Gasteiger partial charge is 0.166 e. The quantitative estimate of drug-likeness (QED) is 0.864. The van der Waals surface area contributed by atoms with E-state index in [9.17, 15) is 0 Å². The average molecular weight is 245 g/mol. The Kier molecular flexibility index (Phi) is 4.09. The zero-order valence-electron chi connectivity index (χ0n) is 10.2. The van der Waals surface area contributed by atoms with E-state index in [4.69, 9.17) is 15.2 Å². The van der Waals surface area contributed by atoms with E-state index < -0.39 is 0 Å². The number of hydrogen-bond donors (Lipinski definition) is 1. The van der Waals surface area contributed by atoms with E-state index in [1.165, 1.54) is 0 Å². The molecule has 0 saturated heterocycles. The monoisotopic (exact) mass is 245 g/mol. The Labute approximate surface area is 106 Å². The van der Waals surface area contributed by atoms with Gasteiger partial charge in [-0.2, -0.15) is 0 Å². The maximum absolute atomic E-state index is 5.67. The molecule has 0 aliphatic carbocycles. The molecule has 0 atom stereocenters. The van der Waals surface area contributed by atoms with Crippen LogP contribution in [0.5, 0.6) is 11.5 Å². The maximum atomic E-state index is 5.67. The van der Waals surface area contributed by atoms with Gasteiger partial charge in [-0.1, -0.05) is 6.07 Å². The molecule has 2 rings (SSSR count). The molecule has 1 aromatic heterocycles. The molecule has 2 N–H and O–H groups in total. The Balaban J connectivity index is 2.12. The van der Waals surface area contributed by atoms with Gasteiger partial charge in [-0.05, 0) is 12.1 Å². The summed E-state index contributed by atoms with van der Waals surface area (Å²) in [6.45, 7) is 0.718. The lowest BCUT2D eigenvalue weighted by Gasteiger charge is -2.11. The van der Waals surface area contributed by atoms with Gasteiger partial charge in [0.25, 0.3) is 0 Å². The largest absolute Gasteiger partial charge is 0.497 e. The maximum Gasteiger partial charge on any atom is 0.166 e. The number of ether oxygens (including phenoxy) is 2. The lowest BCUT2D eigenvalue weighted by atomic mass is 10.2. The predicted octanol–water partition coefficient (Wildman–Crippen LogP) is 1.52. The zero-order chi connectivity index (χ0) is 12.8. The molecule has 2 aromatic rings. The first kappa shape index (κ1) is 12.3. The van der Waals surface area contributed by atoms with Gasteiger partial charge in [0.1, 0.15) is 18.1 Å². The van der Waals surface area contributed by atoms with Crippen LogP contribution in [0.1, 0.15) is 11.4 Å². The third-order valence-electron chi connectivity index (χ3n) is 2.47. The van der Waals surface area contributed by atoms with Crippen LogP contribution in [0.3, 0.4) is 0 Å². The van der Waals surface area contributed by atoms with E-state index >= 15 is 0 Å². The van der Waals surface area contributed by atoms with Gasteiger partial charge < -0.3 is 15.2 Å². The molecule has 0 amide bonds. The van der Waals surface area contributed by atoms with Crippen molar-refractivity contribution in [2.24, 2.45) is 5.73 Å². The molecule has 0 aliphatic heterocycles. The highest BCUT2D eigenvalue weighted by atomic mass is 16.5. The highest BCUT2D eigenvalue weighted by molar-refractivity contribution is 5.40. The number of hydrogen-bond acceptors (Lipinski definition) is 5. The van der Waals surface area contributed by atoms with Gasteiger partial charge in [0.05, 0.1) is 7.11 Å². The third-order valence-corrected chi connectivity index (χ3v) is 2.47. The van der Waals surface area contributed by atoms with Gasteiger partial charge in [0.15, 0.2) is 5.82 Å². The first-order valence-corrected chi connectivity index (χ1v) is 5.59. The molecular formula is C13H15N3O2. The van der Waals surface area contributed by atoms with Gasteiger partial charge in [-0.25, -0.2) is 9.97 Å². The summed E-state index contributed by atoms with van der Waals surface area (Å²) in [7, 11) is 1.61. The third kappa shape index (κ3) is 2.95. The highest BCUT2D eigenvalue weighted by Crippen LogP contribution is 2.24. The van der Waals surface area contributed by atoms with Crippen LogP contribution in [0.25, 0.3) is 0 Å². The van der Waals surface area contributed by atoms with Crippen molar-refractivity contribution in [1.82, 2.24) is 9.97 Å². The van der Waals surface area contributed by atoms with Gasteiger partial charge in [0, 0.05) is 30.6 Å². The fourth-order valence-electron chi connectivity index (χ4n) is 1.51.